The van der Waals surface area contributed by atoms with Gasteiger partial charge in [0, 0.05) is 14.9 Å². The van der Waals surface area contributed by atoms with Gasteiger partial charge >= 0.3 is 0 Å². The maximum atomic E-state index is 12.5. The number of halogens is 1. The van der Waals surface area contributed by atoms with Crippen molar-refractivity contribution in [3.05, 3.63) is 44.1 Å². The molecule has 0 aliphatic rings. The van der Waals surface area contributed by atoms with E-state index in [1.807, 2.05) is 12.1 Å². The molecule has 0 amide bonds. The van der Waals surface area contributed by atoms with E-state index in [0.29, 0.717) is 22.1 Å². The molecule has 0 saturated carbocycles. The predicted octanol–water partition coefficient (Wildman–Crippen LogP) is 5.39. The number of ether oxygens (including phenoxy) is 3. The van der Waals surface area contributed by atoms with Crippen LogP contribution in [-0.4, -0.2) is 27.1 Å². The van der Waals surface area contributed by atoms with E-state index >= 15 is 0 Å². The summed E-state index contributed by atoms with van der Waals surface area (Å²) in [5.74, 6) is 1.58. The number of hydrogen-bond donors (Lipinski definition) is 0. The average Bonchev–Trinajstić information content (AvgIpc) is 2.99. The Morgan fingerprint density at radius 1 is 1.16 bits per heavy atom. The summed E-state index contributed by atoms with van der Waals surface area (Å²) in [4.78, 5) is 14.4. The normalized spacial score (nSPS) is 10.9. The Labute approximate surface area is 160 Å². The predicted molar refractivity (Wildman–Crippen MR) is 105 cm³/mol. The number of benzene rings is 1. The van der Waals surface area contributed by atoms with Crippen LogP contribution < -0.4 is 14.2 Å². The van der Waals surface area contributed by atoms with Crippen molar-refractivity contribution in [1.82, 2.24) is 0 Å². The van der Waals surface area contributed by atoms with Crippen LogP contribution in [0.4, 0.5) is 0 Å². The van der Waals surface area contributed by atoms with Crippen LogP contribution in [0.1, 0.15) is 33.5 Å². The third kappa shape index (κ3) is 4.44. The van der Waals surface area contributed by atoms with Crippen molar-refractivity contribution >= 4 is 39.1 Å². The molecule has 1 aromatic carbocycles. The summed E-state index contributed by atoms with van der Waals surface area (Å²) in [7, 11) is 4.68. The average molecular weight is 425 g/mol. The second-order valence-electron chi connectivity index (χ2n) is 5.25. The summed E-state index contributed by atoms with van der Waals surface area (Å²) in [5, 5.41) is 0. The highest BCUT2D eigenvalue weighted by Crippen LogP contribution is 2.40. The molecule has 25 heavy (non-hydrogen) atoms. The molecule has 0 N–H and O–H groups in total. The van der Waals surface area contributed by atoms with Crippen molar-refractivity contribution in [2.45, 2.75) is 19.8 Å². The minimum Gasteiger partial charge on any atom is -0.493 e. The van der Waals surface area contributed by atoms with Crippen molar-refractivity contribution < 1.29 is 19.0 Å². The summed E-state index contributed by atoms with van der Waals surface area (Å²) in [6.45, 7) is 2.12. The first-order valence-electron chi connectivity index (χ1n) is 7.85. The Kier molecular flexibility index (Phi) is 7.08. The van der Waals surface area contributed by atoms with Crippen molar-refractivity contribution in [3.63, 3.8) is 0 Å². The number of hydrogen-bond acceptors (Lipinski definition) is 5. The first-order valence-corrected chi connectivity index (χ1v) is 9.46. The van der Waals surface area contributed by atoms with Gasteiger partial charge in [-0.05, 0) is 52.7 Å². The van der Waals surface area contributed by atoms with Crippen molar-refractivity contribution in [2.24, 2.45) is 0 Å². The fraction of sp³-hybridized carbons (Fsp3) is 0.316. The highest BCUT2D eigenvalue weighted by atomic mass is 79.9. The quantitative estimate of drug-likeness (QED) is 0.421. The van der Waals surface area contributed by atoms with Gasteiger partial charge in [0.15, 0.2) is 17.3 Å². The summed E-state index contributed by atoms with van der Waals surface area (Å²) in [6.07, 6.45) is 5.30. The van der Waals surface area contributed by atoms with Crippen molar-refractivity contribution in [2.75, 3.05) is 21.3 Å². The van der Waals surface area contributed by atoms with Crippen LogP contribution >= 0.6 is 27.3 Å². The van der Waals surface area contributed by atoms with Gasteiger partial charge in [-0.1, -0.05) is 13.3 Å². The molecule has 6 heteroatoms. The lowest BCUT2D eigenvalue weighted by Gasteiger charge is -2.13. The molecule has 0 atom stereocenters. The number of rotatable bonds is 8. The monoisotopic (exact) mass is 424 g/mol. The minimum absolute atomic E-state index is 0.0371. The summed E-state index contributed by atoms with van der Waals surface area (Å²) < 4.78 is 17.1. The van der Waals surface area contributed by atoms with Crippen molar-refractivity contribution in [3.8, 4) is 17.2 Å². The number of thiophene rings is 1. The molecule has 0 unspecified atom stereocenters. The van der Waals surface area contributed by atoms with Gasteiger partial charge in [-0.25, -0.2) is 0 Å². The van der Waals surface area contributed by atoms with E-state index < -0.39 is 0 Å². The van der Waals surface area contributed by atoms with Gasteiger partial charge in [0.2, 0.25) is 5.75 Å². The Morgan fingerprint density at radius 3 is 2.48 bits per heavy atom. The van der Waals surface area contributed by atoms with Gasteiger partial charge < -0.3 is 14.2 Å². The van der Waals surface area contributed by atoms with Gasteiger partial charge in [-0.15, -0.1) is 11.3 Å². The molecule has 4 nitrogen and oxygen atoms in total. The van der Waals surface area contributed by atoms with E-state index in [1.54, 1.807) is 39.5 Å². The van der Waals surface area contributed by atoms with Crippen LogP contribution in [0, 0.1) is 0 Å². The molecule has 0 fully saturated rings. The van der Waals surface area contributed by atoms with Crippen LogP contribution in [0.2, 0.25) is 0 Å². The van der Waals surface area contributed by atoms with Crippen LogP contribution in [0.5, 0.6) is 17.2 Å². The van der Waals surface area contributed by atoms with E-state index in [-0.39, 0.29) is 5.78 Å². The SMILES string of the molecule is CCCc1sc(C(=O)/C=C/c2ccc(OC)c(OC)c2OC)cc1Br. The van der Waals surface area contributed by atoms with Crippen molar-refractivity contribution in [1.29, 1.82) is 0 Å². The molecule has 2 aromatic rings. The molecule has 1 heterocycles. The lowest BCUT2D eigenvalue weighted by molar-refractivity contribution is 0.105. The Balaban J connectivity index is 2.29. The van der Waals surface area contributed by atoms with Gasteiger partial charge in [-0.3, -0.25) is 4.79 Å². The minimum atomic E-state index is -0.0371. The molecule has 134 valence electrons. The van der Waals surface area contributed by atoms with Crippen LogP contribution in [0.15, 0.2) is 28.7 Å². The third-order valence-electron chi connectivity index (χ3n) is 3.63. The maximum absolute atomic E-state index is 12.5. The largest absolute Gasteiger partial charge is 0.493 e. The summed E-state index contributed by atoms with van der Waals surface area (Å²) >= 11 is 5.05. The molecule has 0 saturated heterocycles. The Bertz CT molecular complexity index is 780. The lowest BCUT2D eigenvalue weighted by Crippen LogP contribution is -1.97. The number of allylic oxidation sites excluding steroid dienone is 1. The molecular formula is C19H21BrO4S. The zero-order valence-electron chi connectivity index (χ0n) is 14.7. The number of carbonyl (C=O) groups is 1. The first kappa shape index (κ1) is 19.5. The number of methoxy groups -OCH3 is 3. The lowest BCUT2D eigenvalue weighted by atomic mass is 10.1. The molecule has 0 aliphatic carbocycles. The first-order chi connectivity index (χ1) is 12.0. The molecule has 2 rings (SSSR count). The van der Waals surface area contributed by atoms with Gasteiger partial charge in [0.25, 0.3) is 0 Å². The molecular weight excluding hydrogens is 404 g/mol. The van der Waals surface area contributed by atoms with Gasteiger partial charge in [0.05, 0.1) is 26.2 Å². The van der Waals surface area contributed by atoms with E-state index in [0.717, 1.165) is 22.9 Å². The fourth-order valence-corrected chi connectivity index (χ4v) is 4.32. The second-order valence-corrected chi connectivity index (χ2v) is 7.24. The van der Waals surface area contributed by atoms with Crippen LogP contribution in [0.3, 0.4) is 0 Å². The van der Waals surface area contributed by atoms with Crippen LogP contribution in [-0.2, 0) is 6.42 Å². The highest BCUT2D eigenvalue weighted by molar-refractivity contribution is 9.10. The zero-order chi connectivity index (χ0) is 18.4. The molecule has 0 spiro atoms. The molecule has 0 bridgehead atoms. The molecule has 1 aromatic heterocycles. The maximum Gasteiger partial charge on any atom is 0.203 e. The Morgan fingerprint density at radius 2 is 1.88 bits per heavy atom. The highest BCUT2D eigenvalue weighted by Gasteiger charge is 2.15. The smallest absolute Gasteiger partial charge is 0.203 e. The van der Waals surface area contributed by atoms with E-state index in [2.05, 4.69) is 22.9 Å². The topological polar surface area (TPSA) is 44.8 Å². The number of ketones is 1. The van der Waals surface area contributed by atoms with Crippen LogP contribution in [0.25, 0.3) is 6.08 Å². The van der Waals surface area contributed by atoms with Gasteiger partial charge in [-0.2, -0.15) is 0 Å². The summed E-state index contributed by atoms with van der Waals surface area (Å²) in [6, 6.07) is 5.50. The zero-order valence-corrected chi connectivity index (χ0v) is 17.1. The molecule has 0 radical (unpaired) electrons. The number of aryl methyl sites for hydroxylation is 1. The number of carbonyl (C=O) groups excluding carboxylic acids is 1. The summed E-state index contributed by atoms with van der Waals surface area (Å²) in [5.41, 5.74) is 0.748. The molecule has 0 aliphatic heterocycles. The fourth-order valence-electron chi connectivity index (χ4n) is 2.43. The van der Waals surface area contributed by atoms with E-state index in [4.69, 9.17) is 14.2 Å². The second kappa shape index (κ2) is 9.06. The van der Waals surface area contributed by atoms with Gasteiger partial charge in [0.1, 0.15) is 0 Å². The Hall–Kier alpha value is -1.79. The standard InChI is InChI=1S/C19H21BrO4S/c1-5-6-16-13(20)11-17(25-16)14(21)9-7-12-8-10-15(22-2)19(24-4)18(12)23-3/h7-11H,5-6H2,1-4H3/b9-7+. The third-order valence-corrected chi connectivity index (χ3v) is 5.81. The van der Waals surface area contributed by atoms with E-state index in [9.17, 15) is 4.79 Å². The van der Waals surface area contributed by atoms with E-state index in [1.165, 1.54) is 16.2 Å².